The molecule has 0 bridgehead atoms. The van der Waals surface area contributed by atoms with Crippen LogP contribution in [0.5, 0.6) is 11.6 Å². The Morgan fingerprint density at radius 3 is 2.50 bits per heavy atom. The monoisotopic (exact) mass is 271 g/mol. The Labute approximate surface area is 118 Å². The summed E-state index contributed by atoms with van der Waals surface area (Å²) in [6.45, 7) is 1.63. The third-order valence-corrected chi connectivity index (χ3v) is 2.89. The van der Waals surface area contributed by atoms with E-state index in [0.717, 1.165) is 12.8 Å². The fraction of sp³-hybridized carbons (Fsp3) is 0.250. The number of aliphatic hydroxyl groups is 1. The van der Waals surface area contributed by atoms with E-state index in [1.54, 1.807) is 12.1 Å². The Hall–Kier alpha value is -2.20. The van der Waals surface area contributed by atoms with Crippen LogP contribution in [0, 0.1) is 0 Å². The van der Waals surface area contributed by atoms with E-state index in [2.05, 4.69) is 11.9 Å². The Bertz CT molecular complexity index is 561. The quantitative estimate of drug-likeness (QED) is 0.820. The fourth-order valence-electron chi connectivity index (χ4n) is 1.83. The number of ketones is 1. The van der Waals surface area contributed by atoms with Crippen LogP contribution < -0.4 is 4.74 Å². The van der Waals surface area contributed by atoms with Gasteiger partial charge in [0.15, 0.2) is 5.78 Å². The minimum absolute atomic E-state index is 0.354. The lowest BCUT2D eigenvalue weighted by Crippen LogP contribution is -2.04. The van der Waals surface area contributed by atoms with E-state index in [9.17, 15) is 4.79 Å². The summed E-state index contributed by atoms with van der Waals surface area (Å²) in [4.78, 5) is 15.3. The molecule has 0 amide bonds. The predicted octanol–water partition coefficient (Wildman–Crippen LogP) is 3.00. The van der Waals surface area contributed by atoms with Crippen molar-refractivity contribution in [3.8, 4) is 11.6 Å². The lowest BCUT2D eigenvalue weighted by atomic mass is 10.1. The first-order valence-corrected chi connectivity index (χ1v) is 6.60. The SMILES string of the molecule is CCCc1ccc(Oc2ccc(C(=O)CO)cn2)cc1. The Balaban J connectivity index is 2.04. The molecule has 0 unspecified atom stereocenters. The zero-order valence-corrected chi connectivity index (χ0v) is 11.4. The normalized spacial score (nSPS) is 10.3. The minimum Gasteiger partial charge on any atom is -0.439 e. The van der Waals surface area contributed by atoms with Gasteiger partial charge in [-0.15, -0.1) is 0 Å². The molecule has 4 heteroatoms. The van der Waals surface area contributed by atoms with E-state index in [1.165, 1.54) is 11.8 Å². The Morgan fingerprint density at radius 1 is 1.20 bits per heavy atom. The number of carbonyl (C=O) groups is 1. The van der Waals surface area contributed by atoms with Crippen molar-refractivity contribution in [1.29, 1.82) is 0 Å². The topological polar surface area (TPSA) is 59.4 Å². The molecule has 0 aliphatic carbocycles. The number of nitrogens with zero attached hydrogens (tertiary/aromatic N) is 1. The molecule has 2 rings (SSSR count). The maximum Gasteiger partial charge on any atom is 0.219 e. The summed E-state index contributed by atoms with van der Waals surface area (Å²) in [5.41, 5.74) is 1.65. The molecule has 0 aliphatic heterocycles. The largest absolute Gasteiger partial charge is 0.439 e. The number of pyridine rings is 1. The maximum atomic E-state index is 11.3. The summed E-state index contributed by atoms with van der Waals surface area (Å²) in [6, 6.07) is 11.1. The van der Waals surface area contributed by atoms with Crippen LogP contribution in [-0.2, 0) is 6.42 Å². The van der Waals surface area contributed by atoms with Crippen molar-refractivity contribution >= 4 is 5.78 Å². The summed E-state index contributed by atoms with van der Waals surface area (Å²) < 4.78 is 5.59. The summed E-state index contributed by atoms with van der Waals surface area (Å²) >= 11 is 0. The van der Waals surface area contributed by atoms with E-state index in [1.807, 2.05) is 24.3 Å². The first-order valence-electron chi connectivity index (χ1n) is 6.60. The van der Waals surface area contributed by atoms with Crippen LogP contribution >= 0.6 is 0 Å². The van der Waals surface area contributed by atoms with E-state index in [0.29, 0.717) is 17.2 Å². The van der Waals surface area contributed by atoms with Gasteiger partial charge in [-0.05, 0) is 30.2 Å². The average Bonchev–Trinajstić information content (AvgIpc) is 2.49. The van der Waals surface area contributed by atoms with Gasteiger partial charge in [0, 0.05) is 17.8 Å². The summed E-state index contributed by atoms with van der Waals surface area (Å²) in [5, 5.41) is 8.75. The average molecular weight is 271 g/mol. The van der Waals surface area contributed by atoms with Gasteiger partial charge in [0.05, 0.1) is 0 Å². The second-order valence-corrected chi connectivity index (χ2v) is 4.46. The van der Waals surface area contributed by atoms with E-state index >= 15 is 0 Å². The number of aryl methyl sites for hydroxylation is 1. The number of hydrogen-bond donors (Lipinski definition) is 1. The number of carbonyl (C=O) groups excluding carboxylic acids is 1. The van der Waals surface area contributed by atoms with Crippen molar-refractivity contribution < 1.29 is 14.6 Å². The standard InChI is InChI=1S/C16H17NO3/c1-2-3-12-4-7-14(8-5-12)20-16-9-6-13(10-17-16)15(19)11-18/h4-10,18H,2-3,11H2,1H3. The number of hydrogen-bond acceptors (Lipinski definition) is 4. The van der Waals surface area contributed by atoms with Gasteiger partial charge in [-0.1, -0.05) is 25.5 Å². The summed E-state index contributed by atoms with van der Waals surface area (Å²) in [6.07, 6.45) is 3.57. The Kier molecular flexibility index (Phi) is 4.85. The van der Waals surface area contributed by atoms with Crippen LogP contribution in [0.2, 0.25) is 0 Å². The molecule has 1 heterocycles. The first-order chi connectivity index (χ1) is 9.72. The van der Waals surface area contributed by atoms with Crippen molar-refractivity contribution in [2.24, 2.45) is 0 Å². The van der Waals surface area contributed by atoms with Gasteiger partial charge in [0.25, 0.3) is 0 Å². The summed E-state index contributed by atoms with van der Waals surface area (Å²) in [7, 11) is 0. The molecule has 0 spiro atoms. The maximum absolute atomic E-state index is 11.3. The van der Waals surface area contributed by atoms with Gasteiger partial charge >= 0.3 is 0 Å². The van der Waals surface area contributed by atoms with Crippen LogP contribution in [0.15, 0.2) is 42.6 Å². The van der Waals surface area contributed by atoms with Crippen molar-refractivity contribution in [2.45, 2.75) is 19.8 Å². The summed E-state index contributed by atoms with van der Waals surface area (Å²) in [5.74, 6) is 0.772. The first kappa shape index (κ1) is 14.2. The van der Waals surface area contributed by atoms with Gasteiger partial charge in [-0.2, -0.15) is 0 Å². The highest BCUT2D eigenvalue weighted by Gasteiger charge is 2.05. The van der Waals surface area contributed by atoms with Gasteiger partial charge < -0.3 is 9.84 Å². The zero-order chi connectivity index (χ0) is 14.4. The molecular formula is C16H17NO3. The highest BCUT2D eigenvalue weighted by Crippen LogP contribution is 2.20. The van der Waals surface area contributed by atoms with Crippen molar-refractivity contribution in [3.63, 3.8) is 0 Å². The van der Waals surface area contributed by atoms with Crippen molar-refractivity contribution in [3.05, 3.63) is 53.7 Å². The van der Waals surface area contributed by atoms with E-state index in [-0.39, 0.29) is 5.78 Å². The number of aromatic nitrogens is 1. The molecule has 0 atom stereocenters. The van der Waals surface area contributed by atoms with Crippen molar-refractivity contribution in [1.82, 2.24) is 4.98 Å². The molecule has 0 saturated heterocycles. The van der Waals surface area contributed by atoms with Gasteiger partial charge in [-0.3, -0.25) is 4.79 Å². The number of benzene rings is 1. The second kappa shape index (κ2) is 6.82. The molecule has 0 radical (unpaired) electrons. The van der Waals surface area contributed by atoms with Crippen LogP contribution in [0.1, 0.15) is 29.3 Å². The van der Waals surface area contributed by atoms with E-state index in [4.69, 9.17) is 9.84 Å². The number of rotatable bonds is 6. The highest BCUT2D eigenvalue weighted by molar-refractivity contribution is 5.96. The molecule has 4 nitrogen and oxygen atoms in total. The van der Waals surface area contributed by atoms with Crippen LogP contribution in [-0.4, -0.2) is 22.5 Å². The lowest BCUT2D eigenvalue weighted by molar-refractivity contribution is 0.0903. The van der Waals surface area contributed by atoms with Crippen LogP contribution in [0.4, 0.5) is 0 Å². The van der Waals surface area contributed by atoms with Gasteiger partial charge in [0.1, 0.15) is 12.4 Å². The smallest absolute Gasteiger partial charge is 0.219 e. The van der Waals surface area contributed by atoms with Crippen molar-refractivity contribution in [2.75, 3.05) is 6.61 Å². The van der Waals surface area contributed by atoms with E-state index < -0.39 is 6.61 Å². The minimum atomic E-state index is -0.513. The molecule has 0 fully saturated rings. The molecule has 0 aliphatic rings. The van der Waals surface area contributed by atoms with Crippen LogP contribution in [0.25, 0.3) is 0 Å². The predicted molar refractivity (Wildman–Crippen MR) is 76.2 cm³/mol. The third-order valence-electron chi connectivity index (χ3n) is 2.89. The zero-order valence-electron chi connectivity index (χ0n) is 11.4. The number of Topliss-reactive ketones (excluding diaryl/α,β-unsaturated/α-hetero) is 1. The van der Waals surface area contributed by atoms with Gasteiger partial charge in [0.2, 0.25) is 5.88 Å². The number of ether oxygens (including phenoxy) is 1. The molecule has 1 aromatic carbocycles. The second-order valence-electron chi connectivity index (χ2n) is 4.46. The van der Waals surface area contributed by atoms with Crippen LogP contribution in [0.3, 0.4) is 0 Å². The lowest BCUT2D eigenvalue weighted by Gasteiger charge is -2.06. The van der Waals surface area contributed by atoms with Gasteiger partial charge in [-0.25, -0.2) is 4.98 Å². The molecule has 20 heavy (non-hydrogen) atoms. The fourth-order valence-corrected chi connectivity index (χ4v) is 1.83. The number of aliphatic hydroxyl groups excluding tert-OH is 1. The molecule has 1 N–H and O–H groups in total. The molecule has 104 valence electrons. The molecule has 2 aromatic rings. The third kappa shape index (κ3) is 3.65. The highest BCUT2D eigenvalue weighted by atomic mass is 16.5. The Morgan fingerprint density at radius 2 is 1.95 bits per heavy atom. The molecule has 1 aromatic heterocycles. The molecular weight excluding hydrogens is 254 g/mol. The molecule has 0 saturated carbocycles.